The highest BCUT2D eigenvalue weighted by molar-refractivity contribution is 9.10. The summed E-state index contributed by atoms with van der Waals surface area (Å²) < 4.78 is 5.40. The topological polar surface area (TPSA) is 43.4 Å². The Labute approximate surface area is 169 Å². The van der Waals surface area contributed by atoms with Gasteiger partial charge in [-0.15, -0.1) is 0 Å². The normalized spacial score (nSPS) is 15.4. The van der Waals surface area contributed by atoms with Crippen molar-refractivity contribution in [1.82, 2.24) is 0 Å². The Hall–Kier alpha value is -1.94. The first kappa shape index (κ1) is 19.8. The number of ether oxygens (including phenoxy) is 1. The maximum Gasteiger partial charge on any atom is 0.178 e. The standard InChI is InChI=1S/C23H25BrO3/c1-23(2,24)22(26)17-12-14-18(15-13-17)27-20-11-7-6-10-19(20)21(25)16-8-4-3-5-9-16/h6-7,10-16H,3-5,8-9H2,1-2H3. The molecule has 1 aliphatic rings. The summed E-state index contributed by atoms with van der Waals surface area (Å²) in [6.45, 7) is 3.65. The molecular weight excluding hydrogens is 404 g/mol. The summed E-state index contributed by atoms with van der Waals surface area (Å²) in [4.78, 5) is 25.3. The molecule has 1 saturated carbocycles. The van der Waals surface area contributed by atoms with Crippen molar-refractivity contribution in [2.24, 2.45) is 5.92 Å². The molecule has 0 heterocycles. The predicted molar refractivity (Wildman–Crippen MR) is 111 cm³/mol. The molecule has 0 radical (unpaired) electrons. The smallest absolute Gasteiger partial charge is 0.178 e. The number of ketones is 2. The van der Waals surface area contributed by atoms with Gasteiger partial charge in [-0.25, -0.2) is 0 Å². The highest BCUT2D eigenvalue weighted by Gasteiger charge is 2.26. The van der Waals surface area contributed by atoms with Crippen molar-refractivity contribution in [2.75, 3.05) is 0 Å². The molecular formula is C23H25BrO3. The first-order valence-electron chi connectivity index (χ1n) is 9.51. The van der Waals surface area contributed by atoms with E-state index in [1.54, 1.807) is 24.3 Å². The van der Waals surface area contributed by atoms with Gasteiger partial charge < -0.3 is 4.74 Å². The van der Waals surface area contributed by atoms with E-state index in [9.17, 15) is 9.59 Å². The quantitative estimate of drug-likeness (QED) is 0.384. The fourth-order valence-corrected chi connectivity index (χ4v) is 3.72. The Morgan fingerprint density at radius 1 is 0.963 bits per heavy atom. The molecule has 0 spiro atoms. The molecule has 1 fully saturated rings. The predicted octanol–water partition coefficient (Wildman–Crippen LogP) is 6.60. The fraction of sp³-hybridized carbons (Fsp3) is 0.391. The van der Waals surface area contributed by atoms with Gasteiger partial charge in [-0.05, 0) is 63.1 Å². The Morgan fingerprint density at radius 2 is 1.59 bits per heavy atom. The lowest BCUT2D eigenvalue weighted by Gasteiger charge is -2.21. The summed E-state index contributed by atoms with van der Waals surface area (Å²) in [5.74, 6) is 1.49. The molecule has 1 aliphatic carbocycles. The van der Waals surface area contributed by atoms with Gasteiger partial charge in [0, 0.05) is 11.5 Å². The molecule has 2 aromatic rings. The van der Waals surface area contributed by atoms with Crippen LogP contribution in [0.25, 0.3) is 0 Å². The van der Waals surface area contributed by atoms with Gasteiger partial charge in [0.25, 0.3) is 0 Å². The van der Waals surface area contributed by atoms with E-state index in [0.29, 0.717) is 22.6 Å². The molecule has 3 nitrogen and oxygen atoms in total. The van der Waals surface area contributed by atoms with E-state index in [2.05, 4.69) is 15.9 Å². The molecule has 4 heteroatoms. The number of hydrogen-bond donors (Lipinski definition) is 0. The zero-order valence-electron chi connectivity index (χ0n) is 15.8. The van der Waals surface area contributed by atoms with Crippen LogP contribution in [-0.4, -0.2) is 15.9 Å². The average molecular weight is 429 g/mol. The lowest BCUT2D eigenvalue weighted by molar-refractivity contribution is 0.0886. The van der Waals surface area contributed by atoms with E-state index < -0.39 is 4.32 Å². The van der Waals surface area contributed by atoms with Crippen molar-refractivity contribution in [2.45, 2.75) is 50.3 Å². The highest BCUT2D eigenvalue weighted by atomic mass is 79.9. The third-order valence-electron chi connectivity index (χ3n) is 5.01. The minimum absolute atomic E-state index is 0.0157. The number of carbonyl (C=O) groups excluding carboxylic acids is 2. The monoisotopic (exact) mass is 428 g/mol. The van der Waals surface area contributed by atoms with E-state index in [1.165, 1.54) is 6.42 Å². The fourth-order valence-electron chi connectivity index (χ4n) is 3.49. The van der Waals surface area contributed by atoms with Crippen LogP contribution in [-0.2, 0) is 0 Å². The molecule has 0 bridgehead atoms. The number of benzene rings is 2. The number of rotatable bonds is 6. The summed E-state index contributed by atoms with van der Waals surface area (Å²) in [6.07, 6.45) is 5.40. The number of Topliss-reactive ketones (excluding diaryl/α,β-unsaturated/α-hetero) is 2. The maximum absolute atomic E-state index is 12.9. The van der Waals surface area contributed by atoms with Gasteiger partial charge in [0.1, 0.15) is 11.5 Å². The summed E-state index contributed by atoms with van der Waals surface area (Å²) in [5, 5.41) is 0. The molecule has 142 valence electrons. The Morgan fingerprint density at radius 3 is 2.22 bits per heavy atom. The van der Waals surface area contributed by atoms with Crippen LogP contribution < -0.4 is 4.74 Å². The summed E-state index contributed by atoms with van der Waals surface area (Å²) in [7, 11) is 0. The van der Waals surface area contributed by atoms with Crippen LogP contribution in [0.15, 0.2) is 48.5 Å². The molecule has 0 saturated heterocycles. The molecule has 0 atom stereocenters. The van der Waals surface area contributed by atoms with Crippen LogP contribution in [0.1, 0.15) is 66.7 Å². The second-order valence-electron chi connectivity index (χ2n) is 7.62. The molecule has 3 rings (SSSR count). The molecule has 0 aromatic heterocycles. The van der Waals surface area contributed by atoms with E-state index in [0.717, 1.165) is 25.7 Å². The third kappa shape index (κ3) is 4.86. The zero-order chi connectivity index (χ0) is 19.4. The number of carbonyl (C=O) groups is 2. The van der Waals surface area contributed by atoms with Crippen LogP contribution in [0.4, 0.5) is 0 Å². The van der Waals surface area contributed by atoms with Crippen molar-refractivity contribution in [3.05, 3.63) is 59.7 Å². The molecule has 0 amide bonds. The first-order chi connectivity index (χ1) is 12.9. The second kappa shape index (κ2) is 8.39. The van der Waals surface area contributed by atoms with Gasteiger partial charge in [-0.3, -0.25) is 9.59 Å². The highest BCUT2D eigenvalue weighted by Crippen LogP contribution is 2.32. The Kier molecular flexibility index (Phi) is 6.15. The molecule has 0 unspecified atom stereocenters. The van der Waals surface area contributed by atoms with Gasteiger partial charge in [0.15, 0.2) is 11.6 Å². The number of halogens is 1. The third-order valence-corrected chi connectivity index (χ3v) is 5.37. The summed E-state index contributed by atoms with van der Waals surface area (Å²) in [5.41, 5.74) is 1.27. The maximum atomic E-state index is 12.9. The Bertz CT molecular complexity index is 812. The lowest BCUT2D eigenvalue weighted by atomic mass is 9.83. The van der Waals surface area contributed by atoms with Gasteiger partial charge in [0.05, 0.1) is 9.89 Å². The summed E-state index contributed by atoms with van der Waals surface area (Å²) in [6, 6.07) is 14.5. The van der Waals surface area contributed by atoms with Gasteiger partial charge in [-0.1, -0.05) is 47.3 Å². The van der Waals surface area contributed by atoms with Crippen LogP contribution in [0, 0.1) is 5.92 Å². The van der Waals surface area contributed by atoms with Crippen molar-refractivity contribution in [3.63, 3.8) is 0 Å². The SMILES string of the molecule is CC(C)(Br)C(=O)c1ccc(Oc2ccccc2C(=O)C2CCCCC2)cc1. The van der Waals surface area contributed by atoms with Crippen molar-refractivity contribution < 1.29 is 14.3 Å². The van der Waals surface area contributed by atoms with Gasteiger partial charge in [0.2, 0.25) is 0 Å². The minimum atomic E-state index is -0.603. The molecule has 27 heavy (non-hydrogen) atoms. The van der Waals surface area contributed by atoms with Crippen molar-refractivity contribution in [1.29, 1.82) is 0 Å². The van der Waals surface area contributed by atoms with E-state index in [4.69, 9.17) is 4.74 Å². The van der Waals surface area contributed by atoms with Crippen molar-refractivity contribution in [3.8, 4) is 11.5 Å². The largest absolute Gasteiger partial charge is 0.457 e. The van der Waals surface area contributed by atoms with Crippen molar-refractivity contribution >= 4 is 27.5 Å². The van der Waals surface area contributed by atoms with E-state index in [-0.39, 0.29) is 17.5 Å². The van der Waals surface area contributed by atoms with Crippen LogP contribution in [0.5, 0.6) is 11.5 Å². The lowest BCUT2D eigenvalue weighted by Crippen LogP contribution is -2.23. The van der Waals surface area contributed by atoms with E-state index in [1.807, 2.05) is 38.1 Å². The van der Waals surface area contributed by atoms with E-state index >= 15 is 0 Å². The van der Waals surface area contributed by atoms with Crippen LogP contribution in [0.3, 0.4) is 0 Å². The summed E-state index contributed by atoms with van der Waals surface area (Å²) >= 11 is 3.40. The van der Waals surface area contributed by atoms with Crippen LogP contribution in [0.2, 0.25) is 0 Å². The van der Waals surface area contributed by atoms with Gasteiger partial charge in [-0.2, -0.15) is 0 Å². The second-order valence-corrected chi connectivity index (χ2v) is 9.61. The van der Waals surface area contributed by atoms with Gasteiger partial charge >= 0.3 is 0 Å². The number of alkyl halides is 1. The number of hydrogen-bond acceptors (Lipinski definition) is 3. The molecule has 2 aromatic carbocycles. The average Bonchev–Trinajstić information content (AvgIpc) is 2.68. The molecule has 0 aliphatic heterocycles. The molecule has 0 N–H and O–H groups in total. The van der Waals surface area contributed by atoms with Crippen LogP contribution >= 0.6 is 15.9 Å². The minimum Gasteiger partial charge on any atom is -0.457 e. The first-order valence-corrected chi connectivity index (χ1v) is 10.3. The number of para-hydroxylation sites is 1. The zero-order valence-corrected chi connectivity index (χ0v) is 17.4. The Balaban J connectivity index is 1.78.